The zero-order valence-corrected chi connectivity index (χ0v) is 21.0. The van der Waals surface area contributed by atoms with Gasteiger partial charge in [-0.05, 0) is 43.0 Å². The molecule has 0 N–H and O–H groups in total. The number of aryl methyl sites for hydroxylation is 1. The van der Waals surface area contributed by atoms with Gasteiger partial charge in [-0.2, -0.15) is 4.31 Å². The third kappa shape index (κ3) is 4.92. The van der Waals surface area contributed by atoms with Gasteiger partial charge in [0.25, 0.3) is 0 Å². The molecule has 2 aromatic heterocycles. The molecule has 0 fully saturated rings. The lowest BCUT2D eigenvalue weighted by Gasteiger charge is -2.26. The molecule has 180 valence electrons. The lowest BCUT2D eigenvalue weighted by molar-refractivity contribution is 0.267. The summed E-state index contributed by atoms with van der Waals surface area (Å²) in [5.41, 5.74) is 0.306. The number of hydrogen-bond acceptors (Lipinski definition) is 8. The van der Waals surface area contributed by atoms with Crippen LogP contribution in [0, 0.1) is 5.92 Å². The third-order valence-corrected chi connectivity index (χ3v) is 7.72. The van der Waals surface area contributed by atoms with Crippen molar-refractivity contribution in [2.75, 3.05) is 7.05 Å². The van der Waals surface area contributed by atoms with Crippen molar-refractivity contribution in [1.29, 1.82) is 0 Å². The molecule has 3 aromatic rings. The smallest absolute Gasteiger partial charge is 0.243 e. The van der Waals surface area contributed by atoms with Crippen LogP contribution in [0.15, 0.2) is 62.0 Å². The number of hydrogen-bond donors (Lipinski definition) is 0. The first kappa shape index (κ1) is 24.2. The van der Waals surface area contributed by atoms with Gasteiger partial charge in [-0.15, -0.1) is 10.2 Å². The molecule has 34 heavy (non-hydrogen) atoms. The van der Waals surface area contributed by atoms with E-state index < -0.39 is 21.7 Å². The van der Waals surface area contributed by atoms with E-state index in [2.05, 4.69) is 15.2 Å². The van der Waals surface area contributed by atoms with E-state index in [0.717, 1.165) is 16.3 Å². The van der Waals surface area contributed by atoms with Crippen molar-refractivity contribution in [3.05, 3.63) is 70.8 Å². The molecule has 3 heterocycles. The highest BCUT2D eigenvalue weighted by molar-refractivity contribution is 7.89. The van der Waals surface area contributed by atoms with Crippen LogP contribution < -0.4 is 10.7 Å². The van der Waals surface area contributed by atoms with Crippen LogP contribution in [0.4, 0.5) is 0 Å². The van der Waals surface area contributed by atoms with Crippen LogP contribution in [0.5, 0.6) is 0 Å². The summed E-state index contributed by atoms with van der Waals surface area (Å²) in [5.74, 6) is 1.05. The largest absolute Gasteiger partial charge is 0.424 e. The second-order valence-corrected chi connectivity index (χ2v) is 11.2. The standard InChI is InChI=1S/C24H30N6O3S/c1-6-22-28-29-23(33-22)21(13-16(2)3)30(5)34(31,32)18-9-7-17(8-10-18)14-24(4)26-19-11-12-25-15-20(19)27-24/h7-12,15-16,21H,6,13-14H2,1-5H3. The van der Waals surface area contributed by atoms with Gasteiger partial charge in [0.2, 0.25) is 21.8 Å². The van der Waals surface area contributed by atoms with Crippen LogP contribution in [0.3, 0.4) is 0 Å². The molecule has 2 atom stereocenters. The lowest BCUT2D eigenvalue weighted by atomic mass is 10.0. The summed E-state index contributed by atoms with van der Waals surface area (Å²) in [7, 11) is -2.22. The molecule has 2 unspecified atom stereocenters. The highest BCUT2D eigenvalue weighted by atomic mass is 32.2. The molecule has 0 aliphatic carbocycles. The summed E-state index contributed by atoms with van der Waals surface area (Å²) >= 11 is 0. The first-order valence-electron chi connectivity index (χ1n) is 11.4. The van der Waals surface area contributed by atoms with Crippen molar-refractivity contribution in [1.82, 2.24) is 19.5 Å². The molecule has 0 saturated carbocycles. The minimum absolute atomic E-state index is 0.209. The SMILES string of the molecule is CCc1nnc(C(CC(C)C)N(C)S(=O)(=O)c2ccc(CC3(C)N=c4ccncc4=N3)cc2)o1. The second kappa shape index (κ2) is 9.34. The number of benzene rings is 1. The number of rotatable bonds is 9. The predicted molar refractivity (Wildman–Crippen MR) is 126 cm³/mol. The van der Waals surface area contributed by atoms with E-state index in [4.69, 9.17) is 14.4 Å². The number of aromatic nitrogens is 3. The Morgan fingerprint density at radius 2 is 1.76 bits per heavy atom. The van der Waals surface area contributed by atoms with Gasteiger partial charge in [0.15, 0.2) is 5.66 Å². The first-order chi connectivity index (χ1) is 16.1. The number of fused-ring (bicyclic) bond motifs is 1. The molecular formula is C24H30N6O3S. The maximum Gasteiger partial charge on any atom is 0.243 e. The molecule has 0 bridgehead atoms. The molecule has 4 rings (SSSR count). The Balaban J connectivity index is 1.56. The molecule has 0 amide bonds. The average Bonchev–Trinajstić information content (AvgIpc) is 3.40. The maximum atomic E-state index is 13.5. The molecule has 9 nitrogen and oxygen atoms in total. The molecule has 0 spiro atoms. The third-order valence-electron chi connectivity index (χ3n) is 5.84. The minimum atomic E-state index is -3.78. The van der Waals surface area contributed by atoms with E-state index in [1.54, 1.807) is 31.6 Å². The van der Waals surface area contributed by atoms with Crippen molar-refractivity contribution in [3.8, 4) is 0 Å². The molecule has 0 saturated heterocycles. The highest BCUT2D eigenvalue weighted by Crippen LogP contribution is 2.31. The monoisotopic (exact) mass is 482 g/mol. The fraction of sp³-hybridized carbons (Fsp3) is 0.458. The van der Waals surface area contributed by atoms with Gasteiger partial charge in [-0.3, -0.25) is 15.0 Å². The molecule has 1 aliphatic heterocycles. The zero-order valence-electron chi connectivity index (χ0n) is 20.1. The van der Waals surface area contributed by atoms with Gasteiger partial charge in [0.05, 0.1) is 16.4 Å². The van der Waals surface area contributed by atoms with Crippen molar-refractivity contribution in [3.63, 3.8) is 0 Å². The molecule has 1 aliphatic rings. The summed E-state index contributed by atoms with van der Waals surface area (Å²) in [5, 5.41) is 9.73. The zero-order chi connectivity index (χ0) is 24.5. The van der Waals surface area contributed by atoms with Crippen molar-refractivity contribution in [2.45, 2.75) is 63.6 Å². The molecular weight excluding hydrogens is 452 g/mol. The van der Waals surface area contributed by atoms with Crippen LogP contribution >= 0.6 is 0 Å². The van der Waals surface area contributed by atoms with Crippen molar-refractivity contribution in [2.24, 2.45) is 15.9 Å². The van der Waals surface area contributed by atoms with Crippen LogP contribution in [0.2, 0.25) is 0 Å². The van der Waals surface area contributed by atoms with E-state index in [1.165, 1.54) is 4.31 Å². The average molecular weight is 483 g/mol. The van der Waals surface area contributed by atoms with Crippen molar-refractivity contribution < 1.29 is 12.8 Å². The van der Waals surface area contributed by atoms with E-state index in [1.807, 2.05) is 45.9 Å². The van der Waals surface area contributed by atoms with Crippen LogP contribution in [-0.4, -0.2) is 40.6 Å². The Kier molecular flexibility index (Phi) is 6.64. The van der Waals surface area contributed by atoms with Gasteiger partial charge in [-0.25, -0.2) is 8.42 Å². The normalized spacial score (nSPS) is 18.6. The second-order valence-electron chi connectivity index (χ2n) is 9.18. The Hall–Kier alpha value is -2.98. The fourth-order valence-corrected chi connectivity index (χ4v) is 5.40. The highest BCUT2D eigenvalue weighted by Gasteiger charge is 2.33. The van der Waals surface area contributed by atoms with Gasteiger partial charge in [-0.1, -0.05) is 32.9 Å². The van der Waals surface area contributed by atoms with Gasteiger partial charge < -0.3 is 4.42 Å². The molecule has 0 radical (unpaired) electrons. The number of pyridine rings is 1. The van der Waals surface area contributed by atoms with E-state index in [9.17, 15) is 8.42 Å². The van der Waals surface area contributed by atoms with Gasteiger partial charge in [0, 0.05) is 26.1 Å². The lowest BCUT2D eigenvalue weighted by Crippen LogP contribution is -2.32. The summed E-state index contributed by atoms with van der Waals surface area (Å²) in [6.45, 7) is 7.94. The van der Waals surface area contributed by atoms with E-state index >= 15 is 0 Å². The van der Waals surface area contributed by atoms with Gasteiger partial charge in [0.1, 0.15) is 11.4 Å². The molecule has 10 heteroatoms. The Labute approximate surface area is 199 Å². The summed E-state index contributed by atoms with van der Waals surface area (Å²) in [4.78, 5) is 13.7. The summed E-state index contributed by atoms with van der Waals surface area (Å²) in [6.07, 6.45) is 5.11. The Morgan fingerprint density at radius 3 is 2.38 bits per heavy atom. The molecule has 1 aromatic carbocycles. The fourth-order valence-electron chi connectivity index (χ4n) is 4.08. The van der Waals surface area contributed by atoms with Crippen LogP contribution in [0.25, 0.3) is 0 Å². The number of nitrogens with zero attached hydrogens (tertiary/aromatic N) is 6. The van der Waals surface area contributed by atoms with Crippen LogP contribution in [0.1, 0.15) is 57.5 Å². The minimum Gasteiger partial charge on any atom is -0.424 e. The van der Waals surface area contributed by atoms with E-state index in [0.29, 0.717) is 31.0 Å². The first-order valence-corrected chi connectivity index (χ1v) is 12.8. The van der Waals surface area contributed by atoms with Crippen LogP contribution in [-0.2, 0) is 22.9 Å². The topological polar surface area (TPSA) is 114 Å². The maximum absolute atomic E-state index is 13.5. The summed E-state index contributed by atoms with van der Waals surface area (Å²) < 4.78 is 34.0. The summed E-state index contributed by atoms with van der Waals surface area (Å²) in [6, 6.07) is 8.20. The Morgan fingerprint density at radius 1 is 1.06 bits per heavy atom. The Bertz CT molecular complexity index is 1350. The predicted octanol–water partition coefficient (Wildman–Crippen LogP) is 2.65. The van der Waals surface area contributed by atoms with Gasteiger partial charge >= 0.3 is 0 Å². The van der Waals surface area contributed by atoms with E-state index in [-0.39, 0.29) is 10.8 Å². The quantitative estimate of drug-likeness (QED) is 0.463. The number of sulfonamides is 1. The van der Waals surface area contributed by atoms with Crippen molar-refractivity contribution >= 4 is 10.0 Å².